The molecule has 0 radical (unpaired) electrons. The fourth-order valence-electron chi connectivity index (χ4n) is 1.15. The summed E-state index contributed by atoms with van der Waals surface area (Å²) in [5, 5.41) is 31.1. The molecule has 1 aromatic rings. The van der Waals surface area contributed by atoms with Crippen molar-refractivity contribution >= 4 is 11.6 Å². The zero-order chi connectivity index (χ0) is 12.8. The number of rotatable bonds is 4. The van der Waals surface area contributed by atoms with Crippen LogP contribution >= 0.6 is 11.6 Å². The largest absolute Gasteiger partial charge is 0.390 e. The van der Waals surface area contributed by atoms with Gasteiger partial charge in [-0.3, -0.25) is 0 Å². The Morgan fingerprint density at radius 1 is 1.65 bits per heavy atom. The molecule has 0 aliphatic carbocycles. The third-order valence-electron chi connectivity index (χ3n) is 2.02. The molecular formula is C9H8ClN5O2. The third-order valence-corrected chi connectivity index (χ3v) is 2.32. The summed E-state index contributed by atoms with van der Waals surface area (Å²) < 4.78 is 0. The number of aliphatic hydroxyl groups is 2. The highest BCUT2D eigenvalue weighted by Crippen LogP contribution is 2.21. The van der Waals surface area contributed by atoms with E-state index in [1.165, 1.54) is 12.3 Å². The van der Waals surface area contributed by atoms with Crippen molar-refractivity contribution in [1.82, 2.24) is 4.98 Å². The van der Waals surface area contributed by atoms with E-state index in [0.717, 1.165) is 0 Å². The first-order valence-electron chi connectivity index (χ1n) is 4.52. The topological polar surface area (TPSA) is 126 Å². The fraction of sp³-hybridized carbons (Fsp3) is 0.333. The summed E-state index contributed by atoms with van der Waals surface area (Å²) in [4.78, 5) is 6.17. The lowest BCUT2D eigenvalue weighted by Gasteiger charge is -2.16. The maximum Gasteiger partial charge on any atom is 0.146 e. The van der Waals surface area contributed by atoms with Crippen LogP contribution in [0.15, 0.2) is 17.4 Å². The highest BCUT2D eigenvalue weighted by atomic mass is 35.5. The van der Waals surface area contributed by atoms with E-state index in [-0.39, 0.29) is 22.8 Å². The van der Waals surface area contributed by atoms with Gasteiger partial charge in [0.1, 0.15) is 17.3 Å². The third kappa shape index (κ3) is 3.31. The van der Waals surface area contributed by atoms with Crippen LogP contribution in [0.3, 0.4) is 0 Å². The van der Waals surface area contributed by atoms with Crippen LogP contribution in [0, 0.1) is 11.3 Å². The minimum Gasteiger partial charge on any atom is -0.390 e. The average Bonchev–Trinajstić information content (AvgIpc) is 2.35. The zero-order valence-electron chi connectivity index (χ0n) is 8.52. The normalized spacial score (nSPS) is 13.3. The number of aliphatic hydroxyl groups excluding tert-OH is 2. The van der Waals surface area contributed by atoms with Gasteiger partial charge in [-0.1, -0.05) is 16.7 Å². The smallest absolute Gasteiger partial charge is 0.146 e. The summed E-state index contributed by atoms with van der Waals surface area (Å²) in [6, 6.07) is 3.12. The van der Waals surface area contributed by atoms with Gasteiger partial charge >= 0.3 is 0 Å². The molecule has 2 unspecified atom stereocenters. The molecule has 0 bridgehead atoms. The van der Waals surface area contributed by atoms with Crippen molar-refractivity contribution in [3.05, 3.63) is 39.0 Å². The average molecular weight is 254 g/mol. The molecule has 0 fully saturated rings. The lowest BCUT2D eigenvalue weighted by Crippen LogP contribution is -2.21. The maximum atomic E-state index is 9.70. The molecule has 2 atom stereocenters. The molecule has 0 saturated heterocycles. The molecule has 7 nitrogen and oxygen atoms in total. The van der Waals surface area contributed by atoms with Crippen molar-refractivity contribution in [3.63, 3.8) is 0 Å². The SMILES string of the molecule is N#Cc1cc(C(O)C(O)CN=[N+]=[N-])cnc1Cl. The minimum atomic E-state index is -1.29. The minimum absolute atomic E-state index is 0.0213. The molecule has 1 rings (SSSR count). The van der Waals surface area contributed by atoms with Gasteiger partial charge < -0.3 is 10.2 Å². The van der Waals surface area contributed by atoms with Crippen LogP contribution in [-0.4, -0.2) is 27.8 Å². The Kier molecular flexibility index (Phi) is 4.69. The summed E-state index contributed by atoms with van der Waals surface area (Å²) in [7, 11) is 0. The number of nitriles is 1. The van der Waals surface area contributed by atoms with Crippen LogP contribution in [0.25, 0.3) is 10.4 Å². The first-order chi connectivity index (χ1) is 8.10. The second kappa shape index (κ2) is 6.03. The lowest BCUT2D eigenvalue weighted by molar-refractivity contribution is 0.0242. The van der Waals surface area contributed by atoms with Crippen LogP contribution in [0.4, 0.5) is 0 Å². The molecule has 8 heteroatoms. The van der Waals surface area contributed by atoms with Crippen molar-refractivity contribution in [2.75, 3.05) is 6.54 Å². The van der Waals surface area contributed by atoms with Crippen LogP contribution in [0.1, 0.15) is 17.2 Å². The van der Waals surface area contributed by atoms with E-state index in [1.807, 2.05) is 0 Å². The standard InChI is InChI=1S/C9H8ClN5O2/c10-9-5(2-11)1-6(3-13-9)8(17)7(16)4-14-15-12/h1,3,7-8,16-17H,4H2. The quantitative estimate of drug-likeness (QED) is 0.363. The maximum absolute atomic E-state index is 9.70. The highest BCUT2D eigenvalue weighted by molar-refractivity contribution is 6.30. The molecule has 0 saturated carbocycles. The Hall–Kier alpha value is -1.84. The molecule has 0 spiro atoms. The number of pyridine rings is 1. The zero-order valence-corrected chi connectivity index (χ0v) is 9.28. The first kappa shape index (κ1) is 13.2. The second-order valence-corrected chi connectivity index (χ2v) is 3.50. The van der Waals surface area contributed by atoms with Gasteiger partial charge in [0.2, 0.25) is 0 Å². The van der Waals surface area contributed by atoms with Crippen LogP contribution < -0.4 is 0 Å². The predicted molar refractivity (Wildman–Crippen MR) is 58.9 cm³/mol. The van der Waals surface area contributed by atoms with Gasteiger partial charge in [0.15, 0.2) is 0 Å². The molecule has 0 aliphatic heterocycles. The van der Waals surface area contributed by atoms with E-state index in [1.54, 1.807) is 6.07 Å². The van der Waals surface area contributed by atoms with Crippen LogP contribution in [0.5, 0.6) is 0 Å². The molecule has 0 amide bonds. The van der Waals surface area contributed by atoms with Crippen LogP contribution in [0.2, 0.25) is 5.15 Å². The molecule has 2 N–H and O–H groups in total. The first-order valence-corrected chi connectivity index (χ1v) is 4.90. The number of hydrogen-bond donors (Lipinski definition) is 2. The van der Waals surface area contributed by atoms with E-state index in [4.69, 9.17) is 22.4 Å². The highest BCUT2D eigenvalue weighted by Gasteiger charge is 2.19. The predicted octanol–water partition coefficient (Wildman–Crippen LogP) is 1.31. The molecule has 1 heterocycles. The summed E-state index contributed by atoms with van der Waals surface area (Å²) in [6.45, 7) is -0.276. The number of aromatic nitrogens is 1. The van der Waals surface area contributed by atoms with E-state index in [0.29, 0.717) is 0 Å². The second-order valence-electron chi connectivity index (χ2n) is 3.14. The fourth-order valence-corrected chi connectivity index (χ4v) is 1.29. The van der Waals surface area contributed by atoms with Crippen molar-refractivity contribution in [1.29, 1.82) is 5.26 Å². The van der Waals surface area contributed by atoms with Gasteiger partial charge in [-0.15, -0.1) is 0 Å². The molecule has 0 aliphatic rings. The monoisotopic (exact) mass is 253 g/mol. The number of azide groups is 1. The van der Waals surface area contributed by atoms with Gasteiger partial charge in [-0.05, 0) is 11.6 Å². The van der Waals surface area contributed by atoms with Crippen molar-refractivity contribution in [2.45, 2.75) is 12.2 Å². The van der Waals surface area contributed by atoms with Crippen molar-refractivity contribution < 1.29 is 10.2 Å². The number of nitrogens with zero attached hydrogens (tertiary/aromatic N) is 5. The molecule has 0 aromatic carbocycles. The Morgan fingerprint density at radius 3 is 2.94 bits per heavy atom. The summed E-state index contributed by atoms with van der Waals surface area (Å²) in [5.41, 5.74) is 8.40. The van der Waals surface area contributed by atoms with E-state index in [2.05, 4.69) is 15.0 Å². The summed E-state index contributed by atoms with van der Waals surface area (Å²) >= 11 is 5.62. The molecule has 1 aromatic heterocycles. The Morgan fingerprint density at radius 2 is 2.35 bits per heavy atom. The summed E-state index contributed by atoms with van der Waals surface area (Å²) in [5.74, 6) is 0. The molecule has 88 valence electrons. The van der Waals surface area contributed by atoms with Gasteiger partial charge in [-0.25, -0.2) is 4.98 Å². The van der Waals surface area contributed by atoms with Gasteiger partial charge in [0.25, 0.3) is 0 Å². The van der Waals surface area contributed by atoms with Crippen molar-refractivity contribution in [2.24, 2.45) is 5.11 Å². The molecular weight excluding hydrogens is 246 g/mol. The van der Waals surface area contributed by atoms with Gasteiger partial charge in [0.05, 0.1) is 18.2 Å². The van der Waals surface area contributed by atoms with Gasteiger partial charge in [0, 0.05) is 16.7 Å². The van der Waals surface area contributed by atoms with Crippen LogP contribution in [-0.2, 0) is 0 Å². The van der Waals surface area contributed by atoms with Gasteiger partial charge in [-0.2, -0.15) is 5.26 Å². The summed E-state index contributed by atoms with van der Waals surface area (Å²) in [6.07, 6.45) is -1.31. The Balaban J connectivity index is 2.93. The lowest BCUT2D eigenvalue weighted by atomic mass is 10.1. The molecule has 17 heavy (non-hydrogen) atoms. The number of hydrogen-bond acceptors (Lipinski definition) is 5. The Labute approximate surface area is 102 Å². The van der Waals surface area contributed by atoms with E-state index in [9.17, 15) is 10.2 Å². The van der Waals surface area contributed by atoms with Crippen molar-refractivity contribution in [3.8, 4) is 6.07 Å². The van der Waals surface area contributed by atoms with E-state index >= 15 is 0 Å². The Bertz CT molecular complexity index is 495. The number of halogens is 1. The van der Waals surface area contributed by atoms with E-state index < -0.39 is 12.2 Å².